The number of ether oxygens (including phenoxy) is 2. The van der Waals surface area contributed by atoms with E-state index in [9.17, 15) is 9.59 Å². The van der Waals surface area contributed by atoms with Crippen LogP contribution in [-0.2, 0) is 14.3 Å². The molecule has 2 aliphatic heterocycles. The molecule has 6 nitrogen and oxygen atoms in total. The van der Waals surface area contributed by atoms with Crippen LogP contribution < -0.4 is 9.64 Å². The fraction of sp³-hybridized carbons (Fsp3) is 0.467. The van der Waals surface area contributed by atoms with Crippen LogP contribution in [0, 0.1) is 0 Å². The van der Waals surface area contributed by atoms with Gasteiger partial charge in [0.15, 0.2) is 6.61 Å². The molecule has 3 rings (SSSR count). The largest absolute Gasteiger partial charge is 0.482 e. The maximum Gasteiger partial charge on any atom is 0.265 e. The average molecular weight is 290 g/mol. The zero-order valence-electron chi connectivity index (χ0n) is 11.8. The monoisotopic (exact) mass is 290 g/mol. The first-order valence-corrected chi connectivity index (χ1v) is 7.13. The molecule has 6 heteroatoms. The van der Waals surface area contributed by atoms with Gasteiger partial charge >= 0.3 is 0 Å². The molecule has 0 saturated carbocycles. The van der Waals surface area contributed by atoms with E-state index in [1.807, 2.05) is 24.3 Å². The van der Waals surface area contributed by atoms with E-state index >= 15 is 0 Å². The Labute approximate surface area is 123 Å². The fourth-order valence-corrected chi connectivity index (χ4v) is 2.58. The molecule has 2 aliphatic rings. The zero-order chi connectivity index (χ0) is 14.7. The smallest absolute Gasteiger partial charge is 0.265 e. The molecule has 0 unspecified atom stereocenters. The van der Waals surface area contributed by atoms with Crippen molar-refractivity contribution in [3.05, 3.63) is 24.3 Å². The quantitative estimate of drug-likeness (QED) is 0.820. The molecule has 0 atom stereocenters. The second-order valence-electron chi connectivity index (χ2n) is 5.04. The third-order valence-corrected chi connectivity index (χ3v) is 3.72. The second kappa shape index (κ2) is 6.13. The van der Waals surface area contributed by atoms with Crippen LogP contribution in [0.1, 0.15) is 6.42 Å². The van der Waals surface area contributed by atoms with Gasteiger partial charge in [0.05, 0.1) is 18.9 Å². The van der Waals surface area contributed by atoms with Crippen molar-refractivity contribution in [1.29, 1.82) is 0 Å². The first-order valence-electron chi connectivity index (χ1n) is 7.13. The van der Waals surface area contributed by atoms with E-state index in [0.29, 0.717) is 45.0 Å². The summed E-state index contributed by atoms with van der Waals surface area (Å²) in [4.78, 5) is 27.6. The molecule has 0 N–H and O–H groups in total. The third-order valence-electron chi connectivity index (χ3n) is 3.72. The topological polar surface area (TPSA) is 59.1 Å². The van der Waals surface area contributed by atoms with Gasteiger partial charge in [0.1, 0.15) is 5.75 Å². The maximum absolute atomic E-state index is 12.2. The number of benzene rings is 1. The SMILES string of the molecule is O=C(CCN1C(=O)COc2ccccc21)N1CCOCC1. The number of hydrogen-bond donors (Lipinski definition) is 0. The van der Waals surface area contributed by atoms with Gasteiger partial charge in [0.2, 0.25) is 5.91 Å². The Balaban J connectivity index is 1.64. The van der Waals surface area contributed by atoms with Gasteiger partial charge < -0.3 is 19.3 Å². The Bertz CT molecular complexity index is 540. The summed E-state index contributed by atoms with van der Waals surface area (Å²) in [5.74, 6) is 0.648. The van der Waals surface area contributed by atoms with Crippen molar-refractivity contribution < 1.29 is 19.1 Å². The number of hydrogen-bond acceptors (Lipinski definition) is 4. The summed E-state index contributed by atoms with van der Waals surface area (Å²) in [6.45, 7) is 2.85. The van der Waals surface area contributed by atoms with E-state index in [2.05, 4.69) is 0 Å². The first-order chi connectivity index (χ1) is 10.3. The molecule has 0 spiro atoms. The van der Waals surface area contributed by atoms with E-state index in [1.165, 1.54) is 0 Å². The van der Waals surface area contributed by atoms with Crippen LogP contribution in [0.3, 0.4) is 0 Å². The Kier molecular flexibility index (Phi) is 4.06. The van der Waals surface area contributed by atoms with Crippen molar-refractivity contribution in [2.45, 2.75) is 6.42 Å². The lowest BCUT2D eigenvalue weighted by atomic mass is 10.2. The molecule has 2 heterocycles. The molecule has 1 aromatic carbocycles. The number of nitrogens with zero attached hydrogens (tertiary/aromatic N) is 2. The Hall–Kier alpha value is -2.08. The highest BCUT2D eigenvalue weighted by Crippen LogP contribution is 2.31. The third kappa shape index (κ3) is 3.00. The molecule has 0 aliphatic carbocycles. The van der Waals surface area contributed by atoms with Crippen molar-refractivity contribution in [2.24, 2.45) is 0 Å². The standard InChI is InChI=1S/C15H18N2O4/c18-14(16-7-9-20-10-8-16)5-6-17-12-3-1-2-4-13(12)21-11-15(17)19/h1-4H,5-11H2. The number of fused-ring (bicyclic) bond motifs is 1. The summed E-state index contributed by atoms with van der Waals surface area (Å²) in [6, 6.07) is 7.40. The van der Waals surface area contributed by atoms with Gasteiger partial charge in [-0.3, -0.25) is 9.59 Å². The number of carbonyl (C=O) groups is 2. The first kappa shape index (κ1) is 13.9. The van der Waals surface area contributed by atoms with E-state index < -0.39 is 0 Å². The van der Waals surface area contributed by atoms with E-state index in [4.69, 9.17) is 9.47 Å². The van der Waals surface area contributed by atoms with Crippen LogP contribution in [0.2, 0.25) is 0 Å². The van der Waals surface area contributed by atoms with Gasteiger partial charge in [0, 0.05) is 26.1 Å². The number of anilines is 1. The van der Waals surface area contributed by atoms with Crippen LogP contribution in [0.15, 0.2) is 24.3 Å². The molecule has 21 heavy (non-hydrogen) atoms. The molecular weight excluding hydrogens is 272 g/mol. The summed E-state index contributed by atoms with van der Waals surface area (Å²) in [7, 11) is 0. The van der Waals surface area contributed by atoms with Crippen molar-refractivity contribution in [3.63, 3.8) is 0 Å². The minimum atomic E-state index is -0.108. The molecule has 1 fully saturated rings. The number of amides is 2. The van der Waals surface area contributed by atoms with Crippen molar-refractivity contribution in [3.8, 4) is 5.75 Å². The van der Waals surface area contributed by atoms with Gasteiger partial charge in [-0.25, -0.2) is 0 Å². The zero-order valence-corrected chi connectivity index (χ0v) is 11.8. The summed E-state index contributed by atoms with van der Waals surface area (Å²) in [5, 5.41) is 0. The molecule has 1 aromatic rings. The minimum Gasteiger partial charge on any atom is -0.482 e. The van der Waals surface area contributed by atoms with E-state index in [0.717, 1.165) is 5.69 Å². The number of rotatable bonds is 3. The van der Waals surface area contributed by atoms with Gasteiger partial charge in [0.25, 0.3) is 5.91 Å². The Morgan fingerprint density at radius 1 is 1.19 bits per heavy atom. The summed E-state index contributed by atoms with van der Waals surface area (Å²) in [5.41, 5.74) is 0.739. The van der Waals surface area contributed by atoms with Crippen LogP contribution >= 0.6 is 0 Å². The molecule has 1 saturated heterocycles. The molecule has 0 radical (unpaired) electrons. The predicted molar refractivity (Wildman–Crippen MR) is 76.3 cm³/mol. The molecular formula is C15H18N2O4. The number of morpholine rings is 1. The summed E-state index contributed by atoms with van der Waals surface area (Å²) in [6.07, 6.45) is 0.320. The van der Waals surface area contributed by atoms with Crippen LogP contribution in [-0.4, -0.2) is 56.2 Å². The van der Waals surface area contributed by atoms with Crippen molar-refractivity contribution >= 4 is 17.5 Å². The van der Waals surface area contributed by atoms with Gasteiger partial charge in [-0.1, -0.05) is 12.1 Å². The Morgan fingerprint density at radius 3 is 2.76 bits per heavy atom. The lowest BCUT2D eigenvalue weighted by molar-refractivity contribution is -0.135. The van der Waals surface area contributed by atoms with Crippen LogP contribution in [0.5, 0.6) is 5.75 Å². The van der Waals surface area contributed by atoms with E-state index in [1.54, 1.807) is 9.80 Å². The summed E-state index contributed by atoms with van der Waals surface area (Å²) < 4.78 is 10.6. The average Bonchev–Trinajstić information content (AvgIpc) is 2.54. The highest BCUT2D eigenvalue weighted by molar-refractivity contribution is 5.98. The van der Waals surface area contributed by atoms with Gasteiger partial charge in [-0.05, 0) is 12.1 Å². The second-order valence-corrected chi connectivity index (χ2v) is 5.04. The lowest BCUT2D eigenvalue weighted by Crippen LogP contribution is -2.44. The van der Waals surface area contributed by atoms with Gasteiger partial charge in [-0.2, -0.15) is 0 Å². The van der Waals surface area contributed by atoms with Crippen molar-refractivity contribution in [1.82, 2.24) is 4.90 Å². The highest BCUT2D eigenvalue weighted by atomic mass is 16.5. The van der Waals surface area contributed by atoms with Gasteiger partial charge in [-0.15, -0.1) is 0 Å². The molecule has 2 amide bonds. The maximum atomic E-state index is 12.2. The lowest BCUT2D eigenvalue weighted by Gasteiger charge is -2.31. The minimum absolute atomic E-state index is 0.0305. The van der Waals surface area contributed by atoms with Crippen LogP contribution in [0.25, 0.3) is 0 Å². The predicted octanol–water partition coefficient (Wildman–Crippen LogP) is 0.661. The molecule has 0 aromatic heterocycles. The van der Waals surface area contributed by atoms with Crippen molar-refractivity contribution in [2.75, 3.05) is 44.4 Å². The Morgan fingerprint density at radius 2 is 1.95 bits per heavy atom. The fourth-order valence-electron chi connectivity index (χ4n) is 2.58. The summed E-state index contributed by atoms with van der Waals surface area (Å²) >= 11 is 0. The van der Waals surface area contributed by atoms with E-state index in [-0.39, 0.29) is 18.4 Å². The number of carbonyl (C=O) groups excluding carboxylic acids is 2. The van der Waals surface area contributed by atoms with Crippen LogP contribution in [0.4, 0.5) is 5.69 Å². The number of para-hydroxylation sites is 2. The highest BCUT2D eigenvalue weighted by Gasteiger charge is 2.26. The normalized spacial score (nSPS) is 18.2. The molecule has 112 valence electrons. The molecule has 0 bridgehead atoms.